The van der Waals surface area contributed by atoms with Crippen molar-refractivity contribution in [2.45, 2.75) is 34.1 Å². The van der Waals surface area contributed by atoms with E-state index in [1.807, 2.05) is 30.9 Å². The molecule has 0 aliphatic carbocycles. The minimum Gasteiger partial charge on any atom is -0.379 e. The van der Waals surface area contributed by atoms with Crippen LogP contribution < -0.4 is 4.90 Å². The number of amides is 1. The number of ether oxygens (including phenoxy) is 1. The van der Waals surface area contributed by atoms with Gasteiger partial charge in [0.25, 0.3) is 5.91 Å². The molecule has 6 heteroatoms. The van der Waals surface area contributed by atoms with E-state index < -0.39 is 0 Å². The van der Waals surface area contributed by atoms with Crippen LogP contribution in [0.3, 0.4) is 0 Å². The van der Waals surface area contributed by atoms with Gasteiger partial charge in [0.15, 0.2) is 5.13 Å². The molecule has 0 unspecified atom stereocenters. The molecular formula is C25H31N3O2S. The van der Waals surface area contributed by atoms with Gasteiger partial charge in [-0.3, -0.25) is 14.6 Å². The van der Waals surface area contributed by atoms with Gasteiger partial charge >= 0.3 is 0 Å². The Morgan fingerprint density at radius 1 is 1.06 bits per heavy atom. The van der Waals surface area contributed by atoms with E-state index in [-0.39, 0.29) is 5.91 Å². The zero-order chi connectivity index (χ0) is 22.0. The summed E-state index contributed by atoms with van der Waals surface area (Å²) in [6.45, 7) is 13.4. The molecule has 164 valence electrons. The number of hydrogen-bond donors (Lipinski definition) is 0. The fourth-order valence-electron chi connectivity index (χ4n) is 4.04. The molecular weight excluding hydrogens is 406 g/mol. The second-order valence-corrected chi connectivity index (χ2v) is 9.43. The van der Waals surface area contributed by atoms with Crippen molar-refractivity contribution in [3.8, 4) is 0 Å². The summed E-state index contributed by atoms with van der Waals surface area (Å²) in [4.78, 5) is 22.9. The van der Waals surface area contributed by atoms with Gasteiger partial charge in [-0.25, -0.2) is 4.98 Å². The van der Waals surface area contributed by atoms with E-state index in [0.717, 1.165) is 72.2 Å². The van der Waals surface area contributed by atoms with Crippen LogP contribution in [0.15, 0.2) is 30.3 Å². The summed E-state index contributed by atoms with van der Waals surface area (Å²) in [7, 11) is 0. The molecule has 0 N–H and O–H groups in total. The molecule has 4 rings (SSSR count). The van der Waals surface area contributed by atoms with Crippen LogP contribution in [0.25, 0.3) is 10.2 Å². The molecule has 1 aromatic heterocycles. The largest absolute Gasteiger partial charge is 0.379 e. The topological polar surface area (TPSA) is 45.7 Å². The summed E-state index contributed by atoms with van der Waals surface area (Å²) in [6.07, 6.45) is 0.907. The van der Waals surface area contributed by atoms with Gasteiger partial charge in [-0.15, -0.1) is 0 Å². The lowest BCUT2D eigenvalue weighted by molar-refractivity contribution is 0.0376. The first-order valence-electron chi connectivity index (χ1n) is 11.0. The van der Waals surface area contributed by atoms with E-state index in [1.165, 1.54) is 10.3 Å². The first-order valence-corrected chi connectivity index (χ1v) is 11.8. The van der Waals surface area contributed by atoms with Gasteiger partial charge in [-0.1, -0.05) is 41.2 Å². The summed E-state index contributed by atoms with van der Waals surface area (Å²) in [5.74, 6) is 0.0394. The molecule has 1 aliphatic heterocycles. The molecule has 0 spiro atoms. The quantitative estimate of drug-likeness (QED) is 0.550. The van der Waals surface area contributed by atoms with E-state index in [9.17, 15) is 4.79 Å². The first-order chi connectivity index (χ1) is 14.9. The van der Waals surface area contributed by atoms with Gasteiger partial charge in [-0.2, -0.15) is 0 Å². The van der Waals surface area contributed by atoms with E-state index in [2.05, 4.69) is 36.9 Å². The molecule has 1 amide bonds. The van der Waals surface area contributed by atoms with Crippen molar-refractivity contribution in [1.29, 1.82) is 0 Å². The number of anilines is 1. The van der Waals surface area contributed by atoms with Crippen molar-refractivity contribution in [1.82, 2.24) is 9.88 Å². The molecule has 0 saturated carbocycles. The molecule has 1 saturated heterocycles. The van der Waals surface area contributed by atoms with E-state index >= 15 is 0 Å². The summed E-state index contributed by atoms with van der Waals surface area (Å²) >= 11 is 1.63. The first kappa shape index (κ1) is 21.9. The van der Waals surface area contributed by atoms with E-state index in [0.29, 0.717) is 6.54 Å². The lowest BCUT2D eigenvalue weighted by Crippen LogP contribution is -2.39. The maximum absolute atomic E-state index is 13.7. The van der Waals surface area contributed by atoms with Crippen molar-refractivity contribution in [2.24, 2.45) is 0 Å². The number of aromatic nitrogens is 1. The number of benzene rings is 2. The smallest absolute Gasteiger partial charge is 0.260 e. The molecule has 0 bridgehead atoms. The Morgan fingerprint density at radius 2 is 1.77 bits per heavy atom. The van der Waals surface area contributed by atoms with Crippen LogP contribution in [0.5, 0.6) is 0 Å². The molecule has 5 nitrogen and oxygen atoms in total. The average molecular weight is 438 g/mol. The average Bonchev–Trinajstić information content (AvgIpc) is 3.22. The van der Waals surface area contributed by atoms with Crippen molar-refractivity contribution >= 4 is 32.6 Å². The molecule has 2 heterocycles. The molecule has 0 radical (unpaired) electrons. The van der Waals surface area contributed by atoms with E-state index in [4.69, 9.17) is 9.72 Å². The van der Waals surface area contributed by atoms with Crippen LogP contribution in [0, 0.1) is 27.7 Å². The third-order valence-corrected chi connectivity index (χ3v) is 7.20. The number of fused-ring (bicyclic) bond motifs is 1. The second kappa shape index (κ2) is 9.47. The predicted octanol–water partition coefficient (Wildman–Crippen LogP) is 4.90. The Hall–Kier alpha value is -2.28. The fourth-order valence-corrected chi connectivity index (χ4v) is 5.17. The third-order valence-electron chi connectivity index (χ3n) is 5.99. The molecule has 1 fully saturated rings. The SMILES string of the molecule is Cc1ccc(C)c(C(=O)N(CCCN2CCOCC2)c2nc3c(C)ccc(C)c3s2)c1. The highest BCUT2D eigenvalue weighted by molar-refractivity contribution is 7.22. The van der Waals surface area contributed by atoms with Gasteiger partial charge in [0.2, 0.25) is 0 Å². The number of aryl methyl sites for hydroxylation is 4. The lowest BCUT2D eigenvalue weighted by atomic mass is 10.0. The Kier molecular flexibility index (Phi) is 6.70. The Labute approximate surface area is 188 Å². The lowest BCUT2D eigenvalue weighted by Gasteiger charge is -2.28. The number of carbonyl (C=O) groups excluding carboxylic acids is 1. The van der Waals surface area contributed by atoms with Crippen LogP contribution in [0.1, 0.15) is 39.0 Å². The standard InChI is InChI=1S/C25H31N3O2S/c1-17-6-7-18(2)21(16-17)24(29)28(11-5-10-27-12-14-30-15-13-27)25-26-22-19(3)8-9-20(4)23(22)31-25/h6-9,16H,5,10-15H2,1-4H3. The highest BCUT2D eigenvalue weighted by Gasteiger charge is 2.24. The minimum atomic E-state index is 0.0394. The third kappa shape index (κ3) is 4.81. The van der Waals surface area contributed by atoms with Crippen LogP contribution in [0.4, 0.5) is 5.13 Å². The highest BCUT2D eigenvalue weighted by Crippen LogP contribution is 2.34. The zero-order valence-corrected chi connectivity index (χ0v) is 19.7. The summed E-state index contributed by atoms with van der Waals surface area (Å²) < 4.78 is 6.63. The predicted molar refractivity (Wildman–Crippen MR) is 129 cm³/mol. The summed E-state index contributed by atoms with van der Waals surface area (Å²) in [5, 5.41) is 0.792. The van der Waals surface area contributed by atoms with Gasteiger partial charge in [0.05, 0.1) is 23.4 Å². The zero-order valence-electron chi connectivity index (χ0n) is 18.9. The monoisotopic (exact) mass is 437 g/mol. The molecule has 3 aromatic rings. The normalized spacial score (nSPS) is 14.8. The van der Waals surface area contributed by atoms with Crippen LogP contribution in [-0.4, -0.2) is 55.2 Å². The number of morpholine rings is 1. The van der Waals surface area contributed by atoms with Gasteiger partial charge in [0, 0.05) is 31.7 Å². The van der Waals surface area contributed by atoms with Crippen LogP contribution >= 0.6 is 11.3 Å². The number of carbonyl (C=O) groups is 1. The minimum absolute atomic E-state index is 0.0394. The van der Waals surface area contributed by atoms with Crippen LogP contribution in [-0.2, 0) is 4.74 Å². The molecule has 2 aromatic carbocycles. The van der Waals surface area contributed by atoms with Crippen molar-refractivity contribution in [3.63, 3.8) is 0 Å². The highest BCUT2D eigenvalue weighted by atomic mass is 32.1. The molecule has 31 heavy (non-hydrogen) atoms. The number of hydrogen-bond acceptors (Lipinski definition) is 5. The number of nitrogens with zero attached hydrogens (tertiary/aromatic N) is 3. The number of rotatable bonds is 6. The Bertz CT molecular complexity index is 1050. The van der Waals surface area contributed by atoms with Gasteiger partial charge < -0.3 is 4.74 Å². The maximum Gasteiger partial charge on any atom is 0.260 e. The summed E-state index contributed by atoms with van der Waals surface area (Å²) in [6, 6.07) is 10.3. The van der Waals surface area contributed by atoms with Gasteiger partial charge in [0.1, 0.15) is 0 Å². The van der Waals surface area contributed by atoms with E-state index in [1.54, 1.807) is 11.3 Å². The Morgan fingerprint density at radius 3 is 2.52 bits per heavy atom. The fraction of sp³-hybridized carbons (Fsp3) is 0.440. The van der Waals surface area contributed by atoms with Crippen molar-refractivity contribution < 1.29 is 9.53 Å². The van der Waals surface area contributed by atoms with Gasteiger partial charge in [-0.05, 0) is 56.9 Å². The van der Waals surface area contributed by atoms with Crippen LogP contribution in [0.2, 0.25) is 0 Å². The van der Waals surface area contributed by atoms with Crippen molar-refractivity contribution in [3.05, 3.63) is 58.1 Å². The summed E-state index contributed by atoms with van der Waals surface area (Å²) in [5.41, 5.74) is 6.22. The second-order valence-electron chi connectivity index (χ2n) is 8.46. The Balaban J connectivity index is 1.65. The molecule has 0 atom stereocenters. The molecule has 1 aliphatic rings. The maximum atomic E-state index is 13.7. The number of thiazole rings is 1. The van der Waals surface area contributed by atoms with Crippen molar-refractivity contribution in [2.75, 3.05) is 44.3 Å².